The minimum atomic E-state index is -1.01. The van der Waals surface area contributed by atoms with Gasteiger partial charge in [0.25, 0.3) is 0 Å². The van der Waals surface area contributed by atoms with E-state index >= 15 is 0 Å². The van der Waals surface area contributed by atoms with Crippen molar-refractivity contribution >= 4 is 29.2 Å². The molecular weight excluding hydrogens is 380 g/mol. The number of carboxylic acids is 1. The molecule has 0 saturated heterocycles. The highest BCUT2D eigenvalue weighted by Gasteiger charge is 2.49. The van der Waals surface area contributed by atoms with E-state index in [1.165, 1.54) is 6.07 Å². The molecule has 7 heteroatoms. The van der Waals surface area contributed by atoms with Gasteiger partial charge in [-0.15, -0.1) is 0 Å². The summed E-state index contributed by atoms with van der Waals surface area (Å²) < 4.78 is 6.01. The summed E-state index contributed by atoms with van der Waals surface area (Å²) in [5.74, 6) is -0.619. The highest BCUT2D eigenvalue weighted by molar-refractivity contribution is 6.30. The van der Waals surface area contributed by atoms with Gasteiger partial charge in [-0.3, -0.25) is 4.79 Å². The zero-order valence-electron chi connectivity index (χ0n) is 14.9. The van der Waals surface area contributed by atoms with E-state index in [0.717, 1.165) is 5.56 Å². The fourth-order valence-corrected chi connectivity index (χ4v) is 4.29. The molecular formula is C21H17ClN2O4. The van der Waals surface area contributed by atoms with Crippen molar-refractivity contribution in [2.24, 2.45) is 0 Å². The zero-order chi connectivity index (χ0) is 19.9. The number of nitrogens with zero attached hydrogens (tertiary/aromatic N) is 1. The molecule has 1 aliphatic carbocycles. The fraction of sp³-hybridized carbons (Fsp3) is 0.286. The number of hydrogen-bond acceptors (Lipinski definition) is 4. The average Bonchev–Trinajstić information content (AvgIpc) is 2.95. The van der Waals surface area contributed by atoms with Gasteiger partial charge in [-0.1, -0.05) is 11.6 Å². The van der Waals surface area contributed by atoms with Crippen LogP contribution < -0.4 is 10.1 Å². The molecule has 0 atom stereocenters. The van der Waals surface area contributed by atoms with Crippen LogP contribution in [0.2, 0.25) is 5.02 Å². The third kappa shape index (κ3) is 2.98. The van der Waals surface area contributed by atoms with Crippen molar-refractivity contribution in [2.75, 3.05) is 5.32 Å². The second-order valence-corrected chi connectivity index (χ2v) is 7.61. The third-order valence-corrected chi connectivity index (χ3v) is 5.84. The summed E-state index contributed by atoms with van der Waals surface area (Å²) in [6, 6.07) is 11.8. The first kappa shape index (κ1) is 18.3. The van der Waals surface area contributed by atoms with Crippen LogP contribution >= 0.6 is 11.6 Å². The molecule has 142 valence electrons. The van der Waals surface area contributed by atoms with Crippen molar-refractivity contribution < 1.29 is 19.4 Å². The number of ether oxygens (including phenoxy) is 1. The fourth-order valence-electron chi connectivity index (χ4n) is 4.12. The Bertz CT molecular complexity index is 1020. The number of aromatic carboxylic acids is 1. The summed E-state index contributed by atoms with van der Waals surface area (Å²) >= 11 is 5.93. The van der Waals surface area contributed by atoms with Crippen molar-refractivity contribution in [3.05, 3.63) is 58.1 Å². The predicted octanol–water partition coefficient (Wildman–Crippen LogP) is 4.12. The van der Waals surface area contributed by atoms with Crippen LogP contribution in [-0.2, 0) is 10.2 Å². The van der Waals surface area contributed by atoms with E-state index in [1.54, 1.807) is 30.3 Å². The molecule has 1 saturated carbocycles. The molecule has 0 bridgehead atoms. The van der Waals surface area contributed by atoms with Gasteiger partial charge in [0.15, 0.2) is 0 Å². The largest absolute Gasteiger partial charge is 0.489 e. The van der Waals surface area contributed by atoms with Gasteiger partial charge in [0.05, 0.1) is 22.6 Å². The number of rotatable bonds is 3. The van der Waals surface area contributed by atoms with E-state index in [9.17, 15) is 20.0 Å². The number of fused-ring (bicyclic) bond motifs is 2. The third-order valence-electron chi connectivity index (χ3n) is 5.61. The number of carbonyl (C=O) groups is 2. The van der Waals surface area contributed by atoms with Crippen LogP contribution in [0.4, 0.5) is 5.69 Å². The van der Waals surface area contributed by atoms with Crippen molar-refractivity contribution in [3.63, 3.8) is 0 Å². The topological polar surface area (TPSA) is 99.4 Å². The Balaban J connectivity index is 1.55. The van der Waals surface area contributed by atoms with Gasteiger partial charge < -0.3 is 15.2 Å². The maximum Gasteiger partial charge on any atom is 0.335 e. The van der Waals surface area contributed by atoms with Crippen LogP contribution in [0.15, 0.2) is 36.4 Å². The molecule has 1 spiro atoms. The highest BCUT2D eigenvalue weighted by Crippen LogP contribution is 2.48. The molecule has 0 unspecified atom stereocenters. The van der Waals surface area contributed by atoms with Gasteiger partial charge in [-0.2, -0.15) is 5.26 Å². The van der Waals surface area contributed by atoms with E-state index in [4.69, 9.17) is 16.3 Å². The van der Waals surface area contributed by atoms with E-state index in [-0.39, 0.29) is 17.6 Å². The number of benzene rings is 2. The van der Waals surface area contributed by atoms with E-state index in [1.807, 2.05) is 0 Å². The second kappa shape index (κ2) is 6.84. The van der Waals surface area contributed by atoms with Gasteiger partial charge in [-0.25, -0.2) is 4.79 Å². The quantitative estimate of drug-likeness (QED) is 0.812. The molecule has 1 amide bonds. The number of carbonyl (C=O) groups excluding carboxylic acids is 1. The maximum absolute atomic E-state index is 12.7. The van der Waals surface area contributed by atoms with Gasteiger partial charge in [0, 0.05) is 10.7 Å². The van der Waals surface area contributed by atoms with Crippen LogP contribution in [0.3, 0.4) is 0 Å². The van der Waals surface area contributed by atoms with Gasteiger partial charge >= 0.3 is 5.97 Å². The average molecular weight is 397 g/mol. The number of halogens is 1. The normalized spacial score (nSPS) is 23.0. The van der Waals surface area contributed by atoms with Crippen LogP contribution in [0.1, 0.15) is 47.2 Å². The van der Waals surface area contributed by atoms with Crippen molar-refractivity contribution in [1.82, 2.24) is 0 Å². The maximum atomic E-state index is 12.7. The van der Waals surface area contributed by atoms with Gasteiger partial charge in [0.1, 0.15) is 11.8 Å². The lowest BCUT2D eigenvalue weighted by Gasteiger charge is -2.36. The van der Waals surface area contributed by atoms with Crippen LogP contribution in [-0.4, -0.2) is 23.1 Å². The summed E-state index contributed by atoms with van der Waals surface area (Å²) in [5, 5.41) is 21.9. The molecule has 1 heterocycles. The van der Waals surface area contributed by atoms with Crippen molar-refractivity contribution in [2.45, 2.75) is 37.2 Å². The smallest absolute Gasteiger partial charge is 0.335 e. The molecule has 28 heavy (non-hydrogen) atoms. The van der Waals surface area contributed by atoms with Crippen LogP contribution in [0.25, 0.3) is 0 Å². The molecule has 2 aromatic carbocycles. The van der Waals surface area contributed by atoms with E-state index < -0.39 is 11.4 Å². The molecule has 4 rings (SSSR count). The number of anilines is 1. The molecule has 1 aliphatic heterocycles. The highest BCUT2D eigenvalue weighted by atomic mass is 35.5. The first-order valence-corrected chi connectivity index (χ1v) is 9.36. The number of amides is 1. The van der Waals surface area contributed by atoms with Gasteiger partial charge in [0.2, 0.25) is 5.91 Å². The number of nitrogens with one attached hydrogen (secondary N) is 1. The summed E-state index contributed by atoms with van der Waals surface area (Å²) in [4.78, 5) is 24.1. The standard InChI is InChI=1S/C21H17ClN2O4/c22-14-2-4-18(13(9-14)11-23)28-15-5-7-21(8-6-15)16-10-12(19(25)26)1-3-17(16)24-20(21)27/h1-4,9-10,15H,5-8H2,(H,24,27)(H,25,26)/t15-,21-. The summed E-state index contributed by atoms with van der Waals surface area (Å²) in [6.07, 6.45) is 2.22. The van der Waals surface area contributed by atoms with Crippen molar-refractivity contribution in [3.8, 4) is 11.8 Å². The SMILES string of the molecule is N#Cc1cc(Cl)ccc1O[C@H]1CC[C@@]2(CC1)C(=O)Nc1ccc(C(=O)O)cc12. The van der Waals surface area contributed by atoms with Crippen LogP contribution in [0.5, 0.6) is 5.75 Å². The minimum absolute atomic E-state index is 0.0901. The second-order valence-electron chi connectivity index (χ2n) is 7.17. The zero-order valence-corrected chi connectivity index (χ0v) is 15.6. The summed E-state index contributed by atoms with van der Waals surface area (Å²) in [5.41, 5.74) is 1.26. The molecule has 1 fully saturated rings. The number of nitriles is 1. The lowest BCUT2D eigenvalue weighted by atomic mass is 9.69. The van der Waals surface area contributed by atoms with Crippen molar-refractivity contribution in [1.29, 1.82) is 5.26 Å². The number of hydrogen-bond donors (Lipinski definition) is 2. The molecule has 2 aliphatic rings. The summed E-state index contributed by atoms with van der Waals surface area (Å²) in [7, 11) is 0. The first-order chi connectivity index (χ1) is 13.4. The molecule has 6 nitrogen and oxygen atoms in total. The number of carboxylic acid groups (broad SMARTS) is 1. The predicted molar refractivity (Wildman–Crippen MR) is 103 cm³/mol. The Hall–Kier alpha value is -3.04. The summed E-state index contributed by atoms with van der Waals surface area (Å²) in [6.45, 7) is 0. The van der Waals surface area contributed by atoms with Crippen LogP contribution in [0, 0.1) is 11.3 Å². The van der Waals surface area contributed by atoms with E-state index in [2.05, 4.69) is 11.4 Å². The Morgan fingerprint density at radius 3 is 2.68 bits per heavy atom. The lowest BCUT2D eigenvalue weighted by Crippen LogP contribution is -2.41. The van der Waals surface area contributed by atoms with Gasteiger partial charge in [-0.05, 0) is 67.6 Å². The Kier molecular flexibility index (Phi) is 4.48. The first-order valence-electron chi connectivity index (χ1n) is 8.98. The lowest BCUT2D eigenvalue weighted by molar-refractivity contribution is -0.122. The minimum Gasteiger partial charge on any atom is -0.489 e. The Morgan fingerprint density at radius 2 is 2.00 bits per heavy atom. The molecule has 2 aromatic rings. The monoisotopic (exact) mass is 396 g/mol. The molecule has 0 aromatic heterocycles. The molecule has 2 N–H and O–H groups in total. The Labute approximate surface area is 166 Å². The molecule has 0 radical (unpaired) electrons. The Morgan fingerprint density at radius 1 is 1.25 bits per heavy atom. The van der Waals surface area contributed by atoms with E-state index in [0.29, 0.717) is 47.7 Å².